The third kappa shape index (κ3) is 4.36. The van der Waals surface area contributed by atoms with Gasteiger partial charge in [0.05, 0.1) is 6.04 Å². The van der Waals surface area contributed by atoms with E-state index in [4.69, 9.17) is 4.74 Å². The minimum Gasteiger partial charge on any atom is -0.444 e. The average molecular weight is 305 g/mol. The lowest BCUT2D eigenvalue weighted by Crippen LogP contribution is -2.41. The monoisotopic (exact) mass is 305 g/mol. The Morgan fingerprint density at radius 1 is 1.41 bits per heavy atom. The molecule has 1 aliphatic heterocycles. The number of ether oxygens (including phenoxy) is 1. The summed E-state index contributed by atoms with van der Waals surface area (Å²) in [6.45, 7) is 9.33. The zero-order valence-electron chi connectivity index (χ0n) is 14.1. The highest BCUT2D eigenvalue weighted by atomic mass is 16.6. The number of hydrogen-bond donors (Lipinski definition) is 1. The first-order valence-corrected chi connectivity index (χ1v) is 8.10. The molecule has 1 fully saturated rings. The van der Waals surface area contributed by atoms with Crippen molar-refractivity contribution < 1.29 is 9.53 Å². The molecule has 0 spiro atoms. The average Bonchev–Trinajstić information content (AvgIpc) is 2.47. The highest BCUT2D eigenvalue weighted by Crippen LogP contribution is 2.32. The molecule has 2 rings (SSSR count). The molecule has 2 heterocycles. The van der Waals surface area contributed by atoms with Crippen molar-refractivity contribution in [3.05, 3.63) is 23.9 Å². The van der Waals surface area contributed by atoms with Gasteiger partial charge >= 0.3 is 6.09 Å². The van der Waals surface area contributed by atoms with Gasteiger partial charge in [0, 0.05) is 19.3 Å². The molecule has 1 saturated heterocycles. The van der Waals surface area contributed by atoms with Gasteiger partial charge in [-0.05, 0) is 58.6 Å². The Labute approximate surface area is 133 Å². The number of amides is 1. The van der Waals surface area contributed by atoms with Crippen molar-refractivity contribution in [1.29, 1.82) is 0 Å². The first kappa shape index (κ1) is 16.6. The quantitative estimate of drug-likeness (QED) is 0.918. The van der Waals surface area contributed by atoms with Crippen molar-refractivity contribution in [3.63, 3.8) is 0 Å². The Balaban J connectivity index is 2.13. The van der Waals surface area contributed by atoms with Gasteiger partial charge in [-0.15, -0.1) is 0 Å². The molecule has 1 aromatic rings. The molecule has 0 saturated carbocycles. The van der Waals surface area contributed by atoms with Crippen LogP contribution in [0.5, 0.6) is 0 Å². The summed E-state index contributed by atoms with van der Waals surface area (Å²) in [7, 11) is 0. The fraction of sp³-hybridized carbons (Fsp3) is 0.647. The summed E-state index contributed by atoms with van der Waals surface area (Å²) < 4.78 is 5.55. The van der Waals surface area contributed by atoms with Gasteiger partial charge in [0.2, 0.25) is 0 Å². The highest BCUT2D eigenvalue weighted by Gasteiger charge is 2.31. The Morgan fingerprint density at radius 2 is 2.18 bits per heavy atom. The largest absolute Gasteiger partial charge is 0.444 e. The normalized spacial score (nSPS) is 18.9. The van der Waals surface area contributed by atoms with E-state index < -0.39 is 5.60 Å². The number of nitrogens with one attached hydrogen (secondary N) is 1. The van der Waals surface area contributed by atoms with Gasteiger partial charge in [-0.25, -0.2) is 9.78 Å². The standard InChI is InChI=1S/C17H27N3O2/c1-5-18-15-10-9-13(12-19-15)14-8-6-7-11-20(14)16(21)22-17(2,3)4/h9-10,12,14H,5-8,11H2,1-4H3,(H,18,19). The summed E-state index contributed by atoms with van der Waals surface area (Å²) in [6, 6.07) is 4.09. The lowest BCUT2D eigenvalue weighted by molar-refractivity contribution is 0.00948. The molecule has 1 atom stereocenters. The van der Waals surface area contributed by atoms with Gasteiger partial charge in [-0.2, -0.15) is 0 Å². The van der Waals surface area contributed by atoms with Crippen LogP contribution in [0.4, 0.5) is 10.6 Å². The number of hydrogen-bond acceptors (Lipinski definition) is 4. The van der Waals surface area contributed by atoms with E-state index in [1.807, 2.05) is 44.9 Å². The zero-order chi connectivity index (χ0) is 16.2. The Bertz CT molecular complexity index is 494. The van der Waals surface area contributed by atoms with Gasteiger partial charge in [0.1, 0.15) is 11.4 Å². The van der Waals surface area contributed by atoms with E-state index in [-0.39, 0.29) is 12.1 Å². The van der Waals surface area contributed by atoms with E-state index in [2.05, 4.69) is 16.4 Å². The SMILES string of the molecule is CCNc1ccc(C2CCCCN2C(=O)OC(C)(C)C)cn1. The molecule has 1 unspecified atom stereocenters. The fourth-order valence-electron chi connectivity index (χ4n) is 2.71. The van der Waals surface area contributed by atoms with Crippen LogP contribution in [-0.2, 0) is 4.74 Å². The summed E-state index contributed by atoms with van der Waals surface area (Å²) in [5.74, 6) is 0.867. The van der Waals surface area contributed by atoms with Crippen LogP contribution in [-0.4, -0.2) is 34.7 Å². The Kier molecular flexibility index (Phi) is 5.27. The number of aromatic nitrogens is 1. The smallest absolute Gasteiger partial charge is 0.410 e. The third-order valence-corrected chi connectivity index (χ3v) is 3.66. The Morgan fingerprint density at radius 3 is 2.77 bits per heavy atom. The Hall–Kier alpha value is -1.78. The number of pyridine rings is 1. The summed E-state index contributed by atoms with van der Waals surface area (Å²) in [6.07, 6.45) is 4.75. The second kappa shape index (κ2) is 6.99. The number of anilines is 1. The molecule has 0 radical (unpaired) electrons. The van der Waals surface area contributed by atoms with E-state index in [0.717, 1.165) is 43.7 Å². The summed E-state index contributed by atoms with van der Waals surface area (Å²) in [4.78, 5) is 18.7. The van der Waals surface area contributed by atoms with Crippen molar-refractivity contribution in [2.24, 2.45) is 0 Å². The van der Waals surface area contributed by atoms with Crippen LogP contribution in [0.2, 0.25) is 0 Å². The molecule has 0 aromatic carbocycles. The molecule has 22 heavy (non-hydrogen) atoms. The van der Waals surface area contributed by atoms with E-state index in [9.17, 15) is 4.79 Å². The van der Waals surface area contributed by atoms with Gasteiger partial charge in [-0.3, -0.25) is 0 Å². The van der Waals surface area contributed by atoms with Crippen LogP contribution in [0.1, 0.15) is 58.6 Å². The lowest BCUT2D eigenvalue weighted by atomic mass is 9.97. The van der Waals surface area contributed by atoms with Crippen molar-refractivity contribution in [2.75, 3.05) is 18.4 Å². The molecular formula is C17H27N3O2. The van der Waals surface area contributed by atoms with Crippen LogP contribution < -0.4 is 5.32 Å². The van der Waals surface area contributed by atoms with E-state index in [0.29, 0.717) is 0 Å². The number of piperidine rings is 1. The second-order valence-electron chi connectivity index (χ2n) is 6.69. The van der Waals surface area contributed by atoms with E-state index in [1.165, 1.54) is 0 Å². The first-order chi connectivity index (χ1) is 10.4. The third-order valence-electron chi connectivity index (χ3n) is 3.66. The minimum absolute atomic E-state index is 0.0618. The van der Waals surface area contributed by atoms with Gasteiger partial charge < -0.3 is 15.0 Å². The maximum atomic E-state index is 12.4. The molecule has 5 heteroatoms. The van der Waals surface area contributed by atoms with Crippen LogP contribution in [0.3, 0.4) is 0 Å². The first-order valence-electron chi connectivity index (χ1n) is 8.10. The van der Waals surface area contributed by atoms with Crippen molar-refractivity contribution in [3.8, 4) is 0 Å². The topological polar surface area (TPSA) is 54.5 Å². The summed E-state index contributed by atoms with van der Waals surface area (Å²) in [5, 5.41) is 3.19. The van der Waals surface area contributed by atoms with Crippen LogP contribution in [0.15, 0.2) is 18.3 Å². The van der Waals surface area contributed by atoms with Gasteiger partial charge in [0.25, 0.3) is 0 Å². The number of nitrogens with zero attached hydrogens (tertiary/aromatic N) is 2. The lowest BCUT2D eigenvalue weighted by Gasteiger charge is -2.36. The molecule has 1 aromatic heterocycles. The molecule has 1 N–H and O–H groups in total. The molecule has 122 valence electrons. The van der Waals surface area contributed by atoms with E-state index >= 15 is 0 Å². The molecular weight excluding hydrogens is 278 g/mol. The second-order valence-corrected chi connectivity index (χ2v) is 6.69. The van der Waals surface area contributed by atoms with Gasteiger partial charge in [0.15, 0.2) is 0 Å². The van der Waals surface area contributed by atoms with Crippen LogP contribution >= 0.6 is 0 Å². The fourth-order valence-corrected chi connectivity index (χ4v) is 2.71. The number of likely N-dealkylation sites (tertiary alicyclic amines) is 1. The van der Waals surface area contributed by atoms with Crippen molar-refractivity contribution >= 4 is 11.9 Å². The minimum atomic E-state index is -0.466. The van der Waals surface area contributed by atoms with Crippen molar-refractivity contribution in [2.45, 2.75) is 58.6 Å². The van der Waals surface area contributed by atoms with Crippen molar-refractivity contribution in [1.82, 2.24) is 9.88 Å². The molecule has 5 nitrogen and oxygen atoms in total. The van der Waals surface area contributed by atoms with Crippen LogP contribution in [0, 0.1) is 0 Å². The zero-order valence-corrected chi connectivity index (χ0v) is 14.1. The van der Waals surface area contributed by atoms with Crippen LogP contribution in [0.25, 0.3) is 0 Å². The highest BCUT2D eigenvalue weighted by molar-refractivity contribution is 5.69. The molecule has 0 bridgehead atoms. The number of rotatable bonds is 3. The maximum Gasteiger partial charge on any atom is 0.410 e. The predicted octanol–water partition coefficient (Wildman–Crippen LogP) is 3.98. The number of carbonyl (C=O) groups excluding carboxylic acids is 1. The summed E-state index contributed by atoms with van der Waals surface area (Å²) in [5.41, 5.74) is 0.610. The number of carbonyl (C=O) groups is 1. The molecule has 0 aliphatic carbocycles. The maximum absolute atomic E-state index is 12.4. The molecule has 1 amide bonds. The van der Waals surface area contributed by atoms with E-state index in [1.54, 1.807) is 0 Å². The summed E-state index contributed by atoms with van der Waals surface area (Å²) >= 11 is 0. The van der Waals surface area contributed by atoms with Gasteiger partial charge in [-0.1, -0.05) is 6.07 Å². The molecule has 1 aliphatic rings. The predicted molar refractivity (Wildman–Crippen MR) is 87.9 cm³/mol.